The van der Waals surface area contributed by atoms with Gasteiger partial charge in [0, 0.05) is 18.5 Å². The highest BCUT2D eigenvalue weighted by Gasteiger charge is 2.12. The molecule has 3 nitrogen and oxygen atoms in total. The predicted molar refractivity (Wildman–Crippen MR) is 87.5 cm³/mol. The van der Waals surface area contributed by atoms with Crippen molar-refractivity contribution in [1.82, 2.24) is 5.32 Å². The number of benzene rings is 2. The number of carbonyl (C=O) groups excluding carboxylic acids is 1. The summed E-state index contributed by atoms with van der Waals surface area (Å²) >= 11 is 0. The number of hydrogen-bond acceptors (Lipinski definition) is 2. The highest BCUT2D eigenvalue weighted by molar-refractivity contribution is 5.67. The molecular formula is C19H16F3NO2. The van der Waals surface area contributed by atoms with Gasteiger partial charge in [-0.1, -0.05) is 42.2 Å². The lowest BCUT2D eigenvalue weighted by molar-refractivity contribution is 0.140. The number of carbonyl (C=O) groups is 1. The lowest BCUT2D eigenvalue weighted by Gasteiger charge is -2.05. The van der Waals surface area contributed by atoms with Gasteiger partial charge in [-0.05, 0) is 23.8 Å². The van der Waals surface area contributed by atoms with Crippen molar-refractivity contribution in [1.29, 1.82) is 0 Å². The number of hydrogen-bond donors (Lipinski definition) is 1. The Morgan fingerprint density at radius 3 is 2.60 bits per heavy atom. The quantitative estimate of drug-likeness (QED) is 0.642. The molecule has 130 valence electrons. The first-order valence-corrected chi connectivity index (χ1v) is 7.57. The molecule has 0 aliphatic carbocycles. The van der Waals surface area contributed by atoms with Crippen LogP contribution in [0, 0.1) is 17.7 Å². The summed E-state index contributed by atoms with van der Waals surface area (Å²) in [4.78, 5) is 11.5. The van der Waals surface area contributed by atoms with Crippen molar-refractivity contribution in [3.63, 3.8) is 0 Å². The molecule has 0 heterocycles. The van der Waals surface area contributed by atoms with E-state index >= 15 is 0 Å². The minimum atomic E-state index is -2.85. The molecule has 1 N–H and O–H groups in total. The van der Waals surface area contributed by atoms with E-state index in [9.17, 15) is 18.0 Å². The molecule has 0 saturated heterocycles. The van der Waals surface area contributed by atoms with Crippen LogP contribution in [0.1, 0.15) is 29.5 Å². The first kappa shape index (κ1) is 18.4. The van der Waals surface area contributed by atoms with E-state index in [4.69, 9.17) is 4.74 Å². The molecule has 2 aromatic carbocycles. The van der Waals surface area contributed by atoms with Crippen molar-refractivity contribution in [2.75, 3.05) is 6.54 Å². The van der Waals surface area contributed by atoms with E-state index in [2.05, 4.69) is 17.2 Å². The minimum Gasteiger partial charge on any atom is -0.445 e. The van der Waals surface area contributed by atoms with Crippen molar-refractivity contribution in [2.45, 2.75) is 19.5 Å². The smallest absolute Gasteiger partial charge is 0.407 e. The van der Waals surface area contributed by atoms with Crippen molar-refractivity contribution in [3.05, 3.63) is 71.0 Å². The molecule has 0 radical (unpaired) electrons. The summed E-state index contributed by atoms with van der Waals surface area (Å²) < 4.78 is 43.3. The molecule has 0 fully saturated rings. The van der Waals surface area contributed by atoms with Gasteiger partial charge in [0.1, 0.15) is 12.4 Å². The molecular weight excluding hydrogens is 331 g/mol. The molecule has 0 aliphatic heterocycles. The third-order valence-electron chi connectivity index (χ3n) is 3.20. The van der Waals surface area contributed by atoms with Crippen LogP contribution in [-0.2, 0) is 11.3 Å². The molecule has 0 aliphatic rings. The van der Waals surface area contributed by atoms with Crippen LogP contribution in [0.15, 0.2) is 48.5 Å². The van der Waals surface area contributed by atoms with Gasteiger partial charge in [-0.3, -0.25) is 0 Å². The Labute approximate surface area is 143 Å². The zero-order valence-electron chi connectivity index (χ0n) is 13.3. The average molecular weight is 347 g/mol. The second-order valence-corrected chi connectivity index (χ2v) is 5.08. The standard InChI is InChI=1S/C19H16F3NO2/c20-17-12-14(9-10-16(17)18(21)22)6-4-5-11-23-19(24)25-13-15-7-2-1-3-8-15/h1-3,7-10,12,18H,5,11,13H2,(H,23,24). The normalized spacial score (nSPS) is 10.1. The van der Waals surface area contributed by atoms with Gasteiger partial charge < -0.3 is 10.1 Å². The van der Waals surface area contributed by atoms with Gasteiger partial charge in [-0.2, -0.15) is 0 Å². The summed E-state index contributed by atoms with van der Waals surface area (Å²) in [6.07, 6.45) is -3.09. The fraction of sp³-hybridized carbons (Fsp3) is 0.211. The molecule has 6 heteroatoms. The van der Waals surface area contributed by atoms with Gasteiger partial charge in [0.25, 0.3) is 6.43 Å². The molecule has 2 aromatic rings. The molecule has 1 amide bonds. The van der Waals surface area contributed by atoms with E-state index in [1.807, 2.05) is 30.3 Å². The van der Waals surface area contributed by atoms with Crippen LogP contribution in [0.3, 0.4) is 0 Å². The van der Waals surface area contributed by atoms with Crippen LogP contribution in [-0.4, -0.2) is 12.6 Å². The molecule has 0 bridgehead atoms. The topological polar surface area (TPSA) is 38.3 Å². The van der Waals surface area contributed by atoms with E-state index in [0.717, 1.165) is 17.7 Å². The highest BCUT2D eigenvalue weighted by atomic mass is 19.3. The second kappa shape index (κ2) is 9.38. The van der Waals surface area contributed by atoms with Gasteiger partial charge in [-0.15, -0.1) is 0 Å². The minimum absolute atomic E-state index is 0.175. The number of rotatable bonds is 5. The van der Waals surface area contributed by atoms with Crippen molar-refractivity contribution in [2.24, 2.45) is 0 Å². The summed E-state index contributed by atoms with van der Waals surface area (Å²) in [6.45, 7) is 0.437. The fourth-order valence-electron chi connectivity index (χ4n) is 1.95. The van der Waals surface area contributed by atoms with Gasteiger partial charge in [0.2, 0.25) is 0 Å². The zero-order valence-corrected chi connectivity index (χ0v) is 13.3. The summed E-state index contributed by atoms with van der Waals surface area (Å²) in [5, 5.41) is 2.54. The maximum atomic E-state index is 13.4. The van der Waals surface area contributed by atoms with Crippen LogP contribution >= 0.6 is 0 Å². The van der Waals surface area contributed by atoms with E-state index in [1.165, 1.54) is 6.07 Å². The Bertz CT molecular complexity index is 767. The maximum absolute atomic E-state index is 13.4. The van der Waals surface area contributed by atoms with E-state index in [0.29, 0.717) is 12.0 Å². The molecule has 25 heavy (non-hydrogen) atoms. The van der Waals surface area contributed by atoms with Crippen LogP contribution in [0.2, 0.25) is 0 Å². The van der Waals surface area contributed by atoms with Crippen molar-refractivity contribution >= 4 is 6.09 Å². The van der Waals surface area contributed by atoms with Gasteiger partial charge >= 0.3 is 6.09 Å². The Kier molecular flexibility index (Phi) is 6.90. The molecule has 0 aromatic heterocycles. The number of ether oxygens (including phenoxy) is 1. The van der Waals surface area contributed by atoms with Crippen LogP contribution in [0.4, 0.5) is 18.0 Å². The van der Waals surface area contributed by atoms with Gasteiger partial charge in [-0.25, -0.2) is 18.0 Å². The lowest BCUT2D eigenvalue weighted by Crippen LogP contribution is -2.24. The van der Waals surface area contributed by atoms with Crippen molar-refractivity contribution < 1.29 is 22.7 Å². The number of halogens is 3. The lowest BCUT2D eigenvalue weighted by atomic mass is 10.1. The van der Waals surface area contributed by atoms with Crippen molar-refractivity contribution in [3.8, 4) is 11.8 Å². The van der Waals surface area contributed by atoms with Crippen LogP contribution < -0.4 is 5.32 Å². The van der Waals surface area contributed by atoms with Crippen LogP contribution in [0.25, 0.3) is 0 Å². The first-order valence-electron chi connectivity index (χ1n) is 7.57. The monoisotopic (exact) mass is 347 g/mol. The van der Waals surface area contributed by atoms with E-state index < -0.39 is 23.9 Å². The molecule has 0 saturated carbocycles. The second-order valence-electron chi connectivity index (χ2n) is 5.08. The molecule has 0 atom stereocenters. The van der Waals surface area contributed by atoms with Gasteiger partial charge in [0.05, 0.1) is 5.56 Å². The summed E-state index contributed by atoms with van der Waals surface area (Å²) in [5.74, 6) is 4.41. The van der Waals surface area contributed by atoms with E-state index in [1.54, 1.807) is 0 Å². The summed E-state index contributed by atoms with van der Waals surface area (Å²) in [7, 11) is 0. The summed E-state index contributed by atoms with van der Waals surface area (Å²) in [5.41, 5.74) is 0.536. The van der Waals surface area contributed by atoms with Gasteiger partial charge in [0.15, 0.2) is 0 Å². The SMILES string of the molecule is O=C(NCCC#Cc1ccc(C(F)F)c(F)c1)OCc1ccccc1. The summed E-state index contributed by atoms with van der Waals surface area (Å²) in [6, 6.07) is 12.6. The highest BCUT2D eigenvalue weighted by Crippen LogP contribution is 2.22. The zero-order chi connectivity index (χ0) is 18.1. The molecule has 0 unspecified atom stereocenters. The predicted octanol–water partition coefficient (Wildman–Crippen LogP) is 4.43. The number of alkyl halides is 2. The average Bonchev–Trinajstić information content (AvgIpc) is 2.60. The maximum Gasteiger partial charge on any atom is 0.407 e. The van der Waals surface area contributed by atoms with E-state index in [-0.39, 0.29) is 13.2 Å². The Morgan fingerprint density at radius 1 is 1.16 bits per heavy atom. The molecule has 2 rings (SSSR count). The number of alkyl carbamates (subject to hydrolysis) is 1. The number of amides is 1. The Hall–Kier alpha value is -2.94. The van der Waals surface area contributed by atoms with Crippen LogP contribution in [0.5, 0.6) is 0 Å². The first-order chi connectivity index (χ1) is 12.1. The Morgan fingerprint density at radius 2 is 1.92 bits per heavy atom. The number of nitrogens with one attached hydrogen (secondary N) is 1. The fourth-order valence-corrected chi connectivity index (χ4v) is 1.95. The third kappa shape index (κ3) is 6.22. The Balaban J connectivity index is 1.72. The third-order valence-corrected chi connectivity index (χ3v) is 3.20. The molecule has 0 spiro atoms. The largest absolute Gasteiger partial charge is 0.445 e.